The Morgan fingerprint density at radius 3 is 2.63 bits per heavy atom. The van der Waals surface area contributed by atoms with Crippen molar-refractivity contribution in [2.75, 3.05) is 29.9 Å². The summed E-state index contributed by atoms with van der Waals surface area (Å²) in [7, 11) is 0. The number of aromatic nitrogens is 4. The lowest BCUT2D eigenvalue weighted by Crippen LogP contribution is -2.48. The van der Waals surface area contributed by atoms with Gasteiger partial charge in [-0.15, -0.1) is 0 Å². The van der Waals surface area contributed by atoms with Gasteiger partial charge in [0.05, 0.1) is 18.5 Å². The fourth-order valence-electron chi connectivity index (χ4n) is 5.54. The van der Waals surface area contributed by atoms with E-state index >= 15 is 0 Å². The second-order valence-electron chi connectivity index (χ2n) is 9.59. The summed E-state index contributed by atoms with van der Waals surface area (Å²) >= 11 is 0. The van der Waals surface area contributed by atoms with E-state index in [2.05, 4.69) is 63.2 Å². The molecule has 6 rings (SSSR count). The topological polar surface area (TPSA) is 70.8 Å². The molecule has 2 saturated heterocycles. The molecule has 8 heteroatoms. The van der Waals surface area contributed by atoms with Crippen LogP contribution in [0.2, 0.25) is 0 Å². The highest BCUT2D eigenvalue weighted by Gasteiger charge is 2.43. The minimum atomic E-state index is 0.576. The number of ether oxygens (including phenoxy) is 1. The summed E-state index contributed by atoms with van der Waals surface area (Å²) in [6, 6.07) is 14.5. The van der Waals surface area contributed by atoms with Crippen LogP contribution in [-0.4, -0.2) is 62.1 Å². The smallest absolute Gasteiger partial charge is 0.213 e. The van der Waals surface area contributed by atoms with E-state index in [0.717, 1.165) is 35.0 Å². The normalized spacial score (nSPS) is 19.7. The predicted molar refractivity (Wildman–Crippen MR) is 138 cm³/mol. The van der Waals surface area contributed by atoms with Crippen LogP contribution in [0.15, 0.2) is 61.2 Å². The van der Waals surface area contributed by atoms with E-state index in [0.29, 0.717) is 30.6 Å². The summed E-state index contributed by atoms with van der Waals surface area (Å²) in [5.74, 6) is 1.32. The number of nitrogens with zero attached hydrogens (tertiary/aromatic N) is 6. The largest absolute Gasteiger partial charge is 0.478 e. The molecule has 35 heavy (non-hydrogen) atoms. The van der Waals surface area contributed by atoms with E-state index in [1.807, 2.05) is 35.9 Å². The second kappa shape index (κ2) is 8.85. The van der Waals surface area contributed by atoms with E-state index in [1.54, 1.807) is 12.4 Å². The lowest BCUT2D eigenvalue weighted by atomic mass is 10.2. The third-order valence-electron chi connectivity index (χ3n) is 7.16. The van der Waals surface area contributed by atoms with Crippen molar-refractivity contribution in [1.82, 2.24) is 24.3 Å². The quantitative estimate of drug-likeness (QED) is 0.424. The van der Waals surface area contributed by atoms with Gasteiger partial charge in [-0.25, -0.2) is 15.0 Å². The van der Waals surface area contributed by atoms with Crippen LogP contribution in [0.5, 0.6) is 5.88 Å². The Balaban J connectivity index is 1.21. The molecule has 0 radical (unpaired) electrons. The maximum absolute atomic E-state index is 5.57. The fraction of sp³-hybridized carbons (Fsp3) is 0.370. The Bertz CT molecular complexity index is 1330. The van der Waals surface area contributed by atoms with Gasteiger partial charge in [0, 0.05) is 72.8 Å². The standard InChI is InChI=1S/C27H31N7O/c1-4-35-25-13-19(9-10-28-25)24-15-30-26(27-29-11-12-32(24)27)31-20-5-7-21(8-6-20)34-17-22-14-23(34)16-33(22)18(2)3/h5-13,15,18,22-23H,4,14,16-17H2,1-3H3,(H,30,31)/t22-,23-/m1/s1. The highest BCUT2D eigenvalue weighted by molar-refractivity contribution is 5.75. The van der Waals surface area contributed by atoms with Crippen molar-refractivity contribution in [1.29, 1.82) is 0 Å². The number of imidazole rings is 1. The van der Waals surface area contributed by atoms with Crippen LogP contribution in [0.25, 0.3) is 16.9 Å². The zero-order chi connectivity index (χ0) is 23.9. The highest BCUT2D eigenvalue weighted by atomic mass is 16.5. The van der Waals surface area contributed by atoms with E-state index < -0.39 is 0 Å². The molecule has 0 amide bonds. The number of fused-ring (bicyclic) bond motifs is 3. The SMILES string of the molecule is CCOc1cc(-c2cnc(Nc3ccc(N4C[C@H]5C[C@@H]4CN5C(C)C)cc3)c3nccn23)ccn1. The van der Waals surface area contributed by atoms with E-state index in [9.17, 15) is 0 Å². The molecule has 1 N–H and O–H groups in total. The Morgan fingerprint density at radius 1 is 1.03 bits per heavy atom. The van der Waals surface area contributed by atoms with Gasteiger partial charge in [0.2, 0.25) is 5.88 Å². The van der Waals surface area contributed by atoms with Gasteiger partial charge in [-0.2, -0.15) is 0 Å². The molecule has 2 aliphatic rings. The fourth-order valence-corrected chi connectivity index (χ4v) is 5.54. The summed E-state index contributed by atoms with van der Waals surface area (Å²) in [5.41, 5.74) is 4.97. The zero-order valence-corrected chi connectivity index (χ0v) is 20.4. The van der Waals surface area contributed by atoms with Crippen molar-refractivity contribution in [3.05, 3.63) is 61.2 Å². The number of benzene rings is 1. The van der Waals surface area contributed by atoms with Crippen molar-refractivity contribution in [3.8, 4) is 17.1 Å². The molecular weight excluding hydrogens is 438 g/mol. The minimum absolute atomic E-state index is 0.576. The average Bonchev–Trinajstić information content (AvgIpc) is 3.61. The molecule has 8 nitrogen and oxygen atoms in total. The summed E-state index contributed by atoms with van der Waals surface area (Å²) in [6.45, 7) is 9.42. The molecule has 0 saturated carbocycles. The van der Waals surface area contributed by atoms with Crippen molar-refractivity contribution in [2.45, 2.75) is 45.3 Å². The van der Waals surface area contributed by atoms with Gasteiger partial charge in [0.1, 0.15) is 0 Å². The van der Waals surface area contributed by atoms with Crippen LogP contribution in [-0.2, 0) is 0 Å². The number of hydrogen-bond donors (Lipinski definition) is 1. The molecule has 0 unspecified atom stereocenters. The first-order valence-electron chi connectivity index (χ1n) is 12.4. The lowest BCUT2D eigenvalue weighted by molar-refractivity contribution is 0.191. The van der Waals surface area contributed by atoms with Crippen LogP contribution in [0.4, 0.5) is 17.2 Å². The molecule has 2 bridgehead atoms. The van der Waals surface area contributed by atoms with Gasteiger partial charge in [-0.3, -0.25) is 9.30 Å². The van der Waals surface area contributed by atoms with Crippen LogP contribution in [0, 0.1) is 0 Å². The zero-order valence-electron chi connectivity index (χ0n) is 20.4. The second-order valence-corrected chi connectivity index (χ2v) is 9.59. The number of likely N-dealkylation sites (tertiary alicyclic amines) is 1. The monoisotopic (exact) mass is 469 g/mol. The molecule has 3 aromatic heterocycles. The third kappa shape index (κ3) is 3.97. The van der Waals surface area contributed by atoms with Gasteiger partial charge < -0.3 is 15.0 Å². The molecule has 1 aromatic carbocycles. The van der Waals surface area contributed by atoms with Crippen molar-refractivity contribution >= 4 is 22.8 Å². The number of pyridine rings is 1. The molecule has 0 spiro atoms. The van der Waals surface area contributed by atoms with E-state index in [-0.39, 0.29) is 0 Å². The van der Waals surface area contributed by atoms with Crippen molar-refractivity contribution < 1.29 is 4.74 Å². The number of piperazine rings is 1. The summed E-state index contributed by atoms with van der Waals surface area (Å²) in [5, 5.41) is 3.46. The molecule has 180 valence electrons. The number of hydrogen-bond acceptors (Lipinski definition) is 7. The Hall–Kier alpha value is -3.65. The van der Waals surface area contributed by atoms with Crippen molar-refractivity contribution in [3.63, 3.8) is 0 Å². The first-order valence-corrected chi connectivity index (χ1v) is 12.4. The van der Waals surface area contributed by atoms with Crippen molar-refractivity contribution in [2.24, 2.45) is 0 Å². The van der Waals surface area contributed by atoms with Gasteiger partial charge in [0.15, 0.2) is 11.5 Å². The summed E-state index contributed by atoms with van der Waals surface area (Å²) in [6.07, 6.45) is 8.63. The molecular formula is C27H31N7O. The van der Waals surface area contributed by atoms with Gasteiger partial charge in [-0.05, 0) is 57.5 Å². The van der Waals surface area contributed by atoms with Crippen LogP contribution < -0.4 is 15.0 Å². The van der Waals surface area contributed by atoms with E-state index in [1.165, 1.54) is 18.7 Å². The Morgan fingerprint density at radius 2 is 1.89 bits per heavy atom. The minimum Gasteiger partial charge on any atom is -0.478 e. The Kier molecular flexibility index (Phi) is 5.53. The number of anilines is 3. The third-order valence-corrected chi connectivity index (χ3v) is 7.16. The number of rotatable bonds is 7. The maximum atomic E-state index is 5.57. The molecule has 0 aliphatic carbocycles. The van der Waals surface area contributed by atoms with Gasteiger partial charge >= 0.3 is 0 Å². The number of nitrogens with one attached hydrogen (secondary N) is 1. The van der Waals surface area contributed by atoms with Crippen LogP contribution in [0.3, 0.4) is 0 Å². The molecule has 5 heterocycles. The molecule has 2 atom stereocenters. The molecule has 2 fully saturated rings. The van der Waals surface area contributed by atoms with Crippen LogP contribution >= 0.6 is 0 Å². The van der Waals surface area contributed by atoms with Gasteiger partial charge in [-0.1, -0.05) is 0 Å². The van der Waals surface area contributed by atoms with Crippen LogP contribution in [0.1, 0.15) is 27.2 Å². The first kappa shape index (κ1) is 21.9. The summed E-state index contributed by atoms with van der Waals surface area (Å²) < 4.78 is 7.61. The maximum Gasteiger partial charge on any atom is 0.213 e. The highest BCUT2D eigenvalue weighted by Crippen LogP contribution is 2.36. The first-order chi connectivity index (χ1) is 17.1. The predicted octanol–water partition coefficient (Wildman–Crippen LogP) is 4.60. The summed E-state index contributed by atoms with van der Waals surface area (Å²) in [4.78, 5) is 18.8. The van der Waals surface area contributed by atoms with Gasteiger partial charge in [0.25, 0.3) is 0 Å². The average molecular weight is 470 g/mol. The lowest BCUT2D eigenvalue weighted by Gasteiger charge is -2.37. The molecule has 4 aromatic rings. The Labute approximate surface area is 205 Å². The van der Waals surface area contributed by atoms with E-state index in [4.69, 9.17) is 9.72 Å². The molecule has 2 aliphatic heterocycles.